The van der Waals surface area contributed by atoms with Gasteiger partial charge in [0.15, 0.2) is 0 Å². The molecule has 4 nitrogen and oxygen atoms in total. The van der Waals surface area contributed by atoms with Crippen LogP contribution < -0.4 is 0 Å². The van der Waals surface area contributed by atoms with E-state index >= 15 is 0 Å². The van der Waals surface area contributed by atoms with Crippen molar-refractivity contribution in [3.63, 3.8) is 0 Å². The minimum atomic E-state index is -0.843. The zero-order valence-electron chi connectivity index (χ0n) is 14.4. The number of carboxylic acids is 1. The van der Waals surface area contributed by atoms with Gasteiger partial charge >= 0.3 is 5.97 Å². The van der Waals surface area contributed by atoms with Crippen molar-refractivity contribution in [3.8, 4) is 11.1 Å². The minimum absolute atomic E-state index is 0.0896. The molecular formula is C21H23NO3. The number of aliphatic carboxylic acids is 1. The highest BCUT2D eigenvalue weighted by Crippen LogP contribution is 2.44. The van der Waals surface area contributed by atoms with E-state index in [-0.39, 0.29) is 12.3 Å². The first-order chi connectivity index (χ1) is 12.0. The number of carbonyl (C=O) groups excluding carboxylic acids is 1. The third-order valence-electron chi connectivity index (χ3n) is 5.19. The van der Waals surface area contributed by atoms with Crippen LogP contribution in [0.1, 0.15) is 31.2 Å². The maximum Gasteiger partial charge on any atom is 0.310 e. The Labute approximate surface area is 148 Å². The van der Waals surface area contributed by atoms with Crippen LogP contribution in [0.15, 0.2) is 54.6 Å². The summed E-state index contributed by atoms with van der Waals surface area (Å²) in [7, 11) is 1.75. The third kappa shape index (κ3) is 3.58. The normalized spacial score (nSPS) is 15.2. The summed E-state index contributed by atoms with van der Waals surface area (Å²) in [5.41, 5.74) is 2.42. The SMILES string of the molecule is CN(Cc1ccccc1-c1ccccc1)C(=O)CC1(C(=O)O)CCC1. The number of hydrogen-bond acceptors (Lipinski definition) is 2. The molecule has 2 aromatic carbocycles. The summed E-state index contributed by atoms with van der Waals surface area (Å²) in [4.78, 5) is 25.7. The molecule has 0 saturated heterocycles. The lowest BCUT2D eigenvalue weighted by Crippen LogP contribution is -2.42. The largest absolute Gasteiger partial charge is 0.481 e. The molecule has 0 unspecified atom stereocenters. The van der Waals surface area contributed by atoms with E-state index in [4.69, 9.17) is 0 Å². The summed E-state index contributed by atoms with van der Waals surface area (Å²) < 4.78 is 0. The standard InChI is InChI=1S/C21H23NO3/c1-22(19(23)14-21(20(24)25)12-7-13-21)15-17-10-5-6-11-18(17)16-8-3-2-4-9-16/h2-6,8-11H,7,12-15H2,1H3,(H,24,25). The van der Waals surface area contributed by atoms with Gasteiger partial charge in [0.1, 0.15) is 0 Å². The molecule has 1 amide bonds. The van der Waals surface area contributed by atoms with E-state index in [2.05, 4.69) is 12.1 Å². The lowest BCUT2D eigenvalue weighted by molar-refractivity contribution is -0.159. The minimum Gasteiger partial charge on any atom is -0.481 e. The third-order valence-corrected chi connectivity index (χ3v) is 5.19. The summed E-state index contributed by atoms with van der Waals surface area (Å²) in [6.45, 7) is 0.472. The number of nitrogens with zero attached hydrogens (tertiary/aromatic N) is 1. The van der Waals surface area contributed by atoms with Crippen LogP contribution in [0.2, 0.25) is 0 Å². The predicted molar refractivity (Wildman–Crippen MR) is 96.9 cm³/mol. The fourth-order valence-corrected chi connectivity index (χ4v) is 3.40. The molecule has 1 N–H and O–H groups in total. The number of rotatable bonds is 6. The van der Waals surface area contributed by atoms with Crippen LogP contribution in [0.5, 0.6) is 0 Å². The van der Waals surface area contributed by atoms with E-state index in [1.807, 2.05) is 42.5 Å². The molecule has 0 aromatic heterocycles. The Hall–Kier alpha value is -2.62. The first kappa shape index (κ1) is 17.2. The molecule has 4 heteroatoms. The van der Waals surface area contributed by atoms with E-state index in [0.29, 0.717) is 19.4 Å². The molecule has 2 aromatic rings. The van der Waals surface area contributed by atoms with Crippen molar-refractivity contribution in [3.05, 3.63) is 60.2 Å². The maximum absolute atomic E-state index is 12.6. The van der Waals surface area contributed by atoms with Gasteiger partial charge < -0.3 is 10.0 Å². The molecule has 0 heterocycles. The van der Waals surface area contributed by atoms with Crippen molar-refractivity contribution in [2.24, 2.45) is 5.41 Å². The van der Waals surface area contributed by atoms with E-state index in [1.54, 1.807) is 11.9 Å². The highest BCUT2D eigenvalue weighted by Gasteiger charge is 2.46. The molecule has 1 aliphatic carbocycles. The summed E-state index contributed by atoms with van der Waals surface area (Å²) in [6, 6.07) is 18.1. The average molecular weight is 337 g/mol. The van der Waals surface area contributed by atoms with Gasteiger partial charge in [-0.05, 0) is 29.5 Å². The van der Waals surface area contributed by atoms with Crippen molar-refractivity contribution < 1.29 is 14.7 Å². The predicted octanol–water partition coefficient (Wildman–Crippen LogP) is 3.96. The number of carboxylic acid groups (broad SMARTS) is 1. The highest BCUT2D eigenvalue weighted by atomic mass is 16.4. The van der Waals surface area contributed by atoms with Crippen molar-refractivity contribution in [1.82, 2.24) is 4.90 Å². The summed E-state index contributed by atoms with van der Waals surface area (Å²) >= 11 is 0. The smallest absolute Gasteiger partial charge is 0.310 e. The number of amides is 1. The lowest BCUT2D eigenvalue weighted by atomic mass is 9.66. The molecule has 25 heavy (non-hydrogen) atoms. The van der Waals surface area contributed by atoms with E-state index in [0.717, 1.165) is 23.1 Å². The molecule has 3 rings (SSSR count). The van der Waals surface area contributed by atoms with Gasteiger partial charge in [-0.3, -0.25) is 9.59 Å². The van der Waals surface area contributed by atoms with Gasteiger partial charge in [0.05, 0.1) is 5.41 Å². The van der Waals surface area contributed by atoms with Gasteiger partial charge in [0.2, 0.25) is 5.91 Å². The topological polar surface area (TPSA) is 57.6 Å². The van der Waals surface area contributed by atoms with Gasteiger partial charge in [-0.2, -0.15) is 0 Å². The van der Waals surface area contributed by atoms with Crippen molar-refractivity contribution in [1.29, 1.82) is 0 Å². The van der Waals surface area contributed by atoms with Gasteiger partial charge in [-0.15, -0.1) is 0 Å². The Morgan fingerprint density at radius 2 is 1.68 bits per heavy atom. The van der Waals surface area contributed by atoms with E-state index in [1.165, 1.54) is 0 Å². The Morgan fingerprint density at radius 3 is 2.28 bits per heavy atom. The molecule has 0 radical (unpaired) electrons. The monoisotopic (exact) mass is 337 g/mol. The summed E-state index contributed by atoms with van der Waals surface area (Å²) in [5.74, 6) is -0.949. The number of carbonyl (C=O) groups is 2. The fourth-order valence-electron chi connectivity index (χ4n) is 3.40. The molecule has 1 saturated carbocycles. The molecule has 0 spiro atoms. The second-order valence-corrected chi connectivity index (χ2v) is 6.89. The molecule has 1 fully saturated rings. The Kier molecular flexibility index (Phi) is 4.88. The van der Waals surface area contributed by atoms with Crippen LogP contribution in [-0.2, 0) is 16.1 Å². The van der Waals surface area contributed by atoms with Crippen molar-refractivity contribution >= 4 is 11.9 Å². The quantitative estimate of drug-likeness (QED) is 0.868. The second-order valence-electron chi connectivity index (χ2n) is 6.89. The van der Waals surface area contributed by atoms with E-state index < -0.39 is 11.4 Å². The lowest BCUT2D eigenvalue weighted by Gasteiger charge is -2.38. The highest BCUT2D eigenvalue weighted by molar-refractivity contribution is 5.85. The average Bonchev–Trinajstić information content (AvgIpc) is 2.58. The molecule has 130 valence electrons. The van der Waals surface area contributed by atoms with Crippen LogP contribution in [-0.4, -0.2) is 28.9 Å². The molecule has 0 aliphatic heterocycles. The van der Waals surface area contributed by atoms with Gasteiger partial charge in [0.25, 0.3) is 0 Å². The van der Waals surface area contributed by atoms with Crippen molar-refractivity contribution in [2.45, 2.75) is 32.2 Å². The van der Waals surface area contributed by atoms with Crippen LogP contribution in [0.4, 0.5) is 0 Å². The van der Waals surface area contributed by atoms with Crippen LogP contribution in [0.25, 0.3) is 11.1 Å². The maximum atomic E-state index is 12.6. The molecular weight excluding hydrogens is 314 g/mol. The van der Waals surface area contributed by atoms with Gasteiger partial charge in [0, 0.05) is 20.0 Å². The molecule has 1 aliphatic rings. The fraction of sp³-hybridized carbons (Fsp3) is 0.333. The first-order valence-electron chi connectivity index (χ1n) is 8.62. The van der Waals surface area contributed by atoms with Gasteiger partial charge in [-0.1, -0.05) is 61.0 Å². The Bertz CT molecular complexity index is 766. The number of hydrogen-bond donors (Lipinski definition) is 1. The summed E-state index contributed by atoms with van der Waals surface area (Å²) in [6.07, 6.45) is 2.18. The zero-order valence-corrected chi connectivity index (χ0v) is 14.4. The van der Waals surface area contributed by atoms with Crippen molar-refractivity contribution in [2.75, 3.05) is 7.05 Å². The first-order valence-corrected chi connectivity index (χ1v) is 8.62. The van der Waals surface area contributed by atoms with Crippen LogP contribution >= 0.6 is 0 Å². The molecule has 0 bridgehead atoms. The van der Waals surface area contributed by atoms with Crippen LogP contribution in [0, 0.1) is 5.41 Å². The second kappa shape index (κ2) is 7.09. The zero-order chi connectivity index (χ0) is 17.9. The van der Waals surface area contributed by atoms with Crippen LogP contribution in [0.3, 0.4) is 0 Å². The van der Waals surface area contributed by atoms with Gasteiger partial charge in [-0.25, -0.2) is 0 Å². The Balaban J connectivity index is 1.74. The molecule has 0 atom stereocenters. The summed E-state index contributed by atoms with van der Waals surface area (Å²) in [5, 5.41) is 9.43. The van der Waals surface area contributed by atoms with E-state index in [9.17, 15) is 14.7 Å². The number of benzene rings is 2. The Morgan fingerprint density at radius 1 is 1.04 bits per heavy atom.